The average Bonchev–Trinajstić information content (AvgIpc) is 3.11. The van der Waals surface area contributed by atoms with Crippen molar-refractivity contribution in [2.75, 3.05) is 6.54 Å². The van der Waals surface area contributed by atoms with Crippen LogP contribution in [0.15, 0.2) is 22.6 Å². The highest BCUT2D eigenvalue weighted by atomic mass is 32.1. The van der Waals surface area contributed by atoms with Crippen molar-refractivity contribution in [1.29, 1.82) is 0 Å². The summed E-state index contributed by atoms with van der Waals surface area (Å²) in [5, 5.41) is 8.18. The molecule has 0 bridgehead atoms. The van der Waals surface area contributed by atoms with Gasteiger partial charge in [-0.3, -0.25) is 19.0 Å². The van der Waals surface area contributed by atoms with E-state index in [-0.39, 0.29) is 36.8 Å². The lowest BCUT2D eigenvalue weighted by Crippen LogP contribution is -2.38. The molecule has 2 aromatic rings. The largest absolute Gasteiger partial charge is 0.356 e. The molecular weight excluding hydrogens is 352 g/mol. The van der Waals surface area contributed by atoms with Gasteiger partial charge in [0.2, 0.25) is 11.8 Å². The molecule has 8 heteroatoms. The minimum atomic E-state index is -0.173. The number of hydrogen-bond donors (Lipinski definition) is 2. The molecule has 0 saturated heterocycles. The number of amides is 2. The van der Waals surface area contributed by atoms with Gasteiger partial charge in [0.05, 0.1) is 11.7 Å². The molecule has 140 valence electrons. The van der Waals surface area contributed by atoms with Gasteiger partial charge in [0.25, 0.3) is 5.56 Å². The van der Waals surface area contributed by atoms with Crippen LogP contribution < -0.4 is 16.2 Å². The van der Waals surface area contributed by atoms with Crippen molar-refractivity contribution in [3.05, 3.63) is 28.1 Å². The Hall–Kier alpha value is -2.22. The monoisotopic (exact) mass is 376 g/mol. The number of aromatic nitrogens is 2. The lowest BCUT2D eigenvalue weighted by atomic mass is 9.95. The summed E-state index contributed by atoms with van der Waals surface area (Å²) < 4.78 is 1.45. The van der Waals surface area contributed by atoms with Gasteiger partial charge in [-0.25, -0.2) is 4.98 Å². The van der Waals surface area contributed by atoms with Crippen molar-refractivity contribution < 1.29 is 9.59 Å². The second-order valence-electron chi connectivity index (χ2n) is 6.63. The quantitative estimate of drug-likeness (QED) is 0.771. The van der Waals surface area contributed by atoms with E-state index in [0.29, 0.717) is 22.8 Å². The number of carbonyl (C=O) groups is 2. The average molecular weight is 376 g/mol. The van der Waals surface area contributed by atoms with E-state index in [1.165, 1.54) is 41.5 Å². The predicted octanol–water partition coefficient (Wildman–Crippen LogP) is 1.80. The fraction of sp³-hybridized carbons (Fsp3) is 0.556. The lowest BCUT2D eigenvalue weighted by Gasteiger charge is -2.22. The van der Waals surface area contributed by atoms with E-state index in [4.69, 9.17) is 0 Å². The summed E-state index contributed by atoms with van der Waals surface area (Å²) in [6.45, 7) is 0.589. The molecule has 0 radical (unpaired) electrons. The third-order valence-corrected chi connectivity index (χ3v) is 5.50. The van der Waals surface area contributed by atoms with Gasteiger partial charge >= 0.3 is 0 Å². The Morgan fingerprint density at radius 2 is 2.00 bits per heavy atom. The minimum absolute atomic E-state index is 0.0134. The van der Waals surface area contributed by atoms with Gasteiger partial charge in [0.1, 0.15) is 4.83 Å². The summed E-state index contributed by atoms with van der Waals surface area (Å²) in [5.74, 6) is -0.187. The zero-order chi connectivity index (χ0) is 18.4. The van der Waals surface area contributed by atoms with E-state index < -0.39 is 0 Å². The second kappa shape index (κ2) is 8.93. The minimum Gasteiger partial charge on any atom is -0.356 e. The van der Waals surface area contributed by atoms with Gasteiger partial charge in [0, 0.05) is 32.0 Å². The highest BCUT2D eigenvalue weighted by Crippen LogP contribution is 2.17. The molecule has 0 spiro atoms. The van der Waals surface area contributed by atoms with Crippen molar-refractivity contribution in [3.8, 4) is 0 Å². The summed E-state index contributed by atoms with van der Waals surface area (Å²) in [5.41, 5.74) is -0.129. The summed E-state index contributed by atoms with van der Waals surface area (Å²) in [6.07, 6.45) is 7.64. The molecule has 2 aromatic heterocycles. The van der Waals surface area contributed by atoms with Crippen LogP contribution in [0.25, 0.3) is 10.2 Å². The van der Waals surface area contributed by atoms with Crippen LogP contribution in [0.2, 0.25) is 0 Å². The highest BCUT2D eigenvalue weighted by Gasteiger charge is 2.15. The molecule has 1 aliphatic rings. The Morgan fingerprint density at radius 3 is 2.81 bits per heavy atom. The Kier molecular flexibility index (Phi) is 6.38. The summed E-state index contributed by atoms with van der Waals surface area (Å²) in [4.78, 5) is 41.0. The molecule has 2 heterocycles. The fourth-order valence-corrected chi connectivity index (χ4v) is 3.95. The van der Waals surface area contributed by atoms with E-state index in [1.54, 1.807) is 6.07 Å². The van der Waals surface area contributed by atoms with E-state index in [0.717, 1.165) is 12.8 Å². The summed E-state index contributed by atoms with van der Waals surface area (Å²) >= 11 is 1.42. The number of nitrogens with one attached hydrogen (secondary N) is 2. The fourth-order valence-electron chi connectivity index (χ4n) is 3.23. The second-order valence-corrected chi connectivity index (χ2v) is 7.53. The van der Waals surface area contributed by atoms with Crippen molar-refractivity contribution in [3.63, 3.8) is 0 Å². The van der Waals surface area contributed by atoms with Gasteiger partial charge in [-0.1, -0.05) is 19.3 Å². The third-order valence-electron chi connectivity index (χ3n) is 4.67. The topological polar surface area (TPSA) is 93.1 Å². The maximum atomic E-state index is 12.2. The molecule has 1 fully saturated rings. The van der Waals surface area contributed by atoms with Gasteiger partial charge in [0.15, 0.2) is 0 Å². The van der Waals surface area contributed by atoms with E-state index >= 15 is 0 Å². The van der Waals surface area contributed by atoms with Crippen LogP contribution >= 0.6 is 11.3 Å². The number of thiophene rings is 1. The molecule has 0 aromatic carbocycles. The van der Waals surface area contributed by atoms with Gasteiger partial charge < -0.3 is 10.6 Å². The Bertz CT molecular complexity index is 823. The van der Waals surface area contributed by atoms with Gasteiger partial charge in [-0.15, -0.1) is 11.3 Å². The number of hydrogen-bond acceptors (Lipinski definition) is 5. The summed E-state index contributed by atoms with van der Waals surface area (Å²) in [7, 11) is 0. The molecule has 0 unspecified atom stereocenters. The molecule has 0 aliphatic heterocycles. The number of aryl methyl sites for hydroxylation is 1. The number of fused-ring (bicyclic) bond motifs is 1. The van der Waals surface area contributed by atoms with Crippen LogP contribution in [0.3, 0.4) is 0 Å². The van der Waals surface area contributed by atoms with Crippen LogP contribution in [0.4, 0.5) is 0 Å². The standard InChI is InChI=1S/C18H24N4O3S/c23-15(19-9-6-16(24)21-13-4-2-1-3-5-13)7-10-22-12-20-17-14(18(22)25)8-11-26-17/h8,11-13H,1-7,9-10H2,(H,19,23)(H,21,24). The van der Waals surface area contributed by atoms with Crippen molar-refractivity contribution >= 4 is 33.4 Å². The van der Waals surface area contributed by atoms with E-state index in [2.05, 4.69) is 15.6 Å². The molecule has 2 N–H and O–H groups in total. The molecule has 2 amide bonds. The van der Waals surface area contributed by atoms with Crippen LogP contribution in [-0.2, 0) is 16.1 Å². The Labute approximate surface area is 155 Å². The van der Waals surface area contributed by atoms with Crippen LogP contribution in [-0.4, -0.2) is 34.0 Å². The normalized spacial score (nSPS) is 15.1. The zero-order valence-electron chi connectivity index (χ0n) is 14.7. The van der Waals surface area contributed by atoms with Crippen molar-refractivity contribution in [1.82, 2.24) is 20.2 Å². The molecular formula is C18H24N4O3S. The maximum absolute atomic E-state index is 12.2. The zero-order valence-corrected chi connectivity index (χ0v) is 15.5. The first kappa shape index (κ1) is 18.6. The first-order valence-electron chi connectivity index (χ1n) is 9.12. The van der Waals surface area contributed by atoms with E-state index in [1.807, 2.05) is 5.38 Å². The van der Waals surface area contributed by atoms with Crippen molar-refractivity contribution in [2.24, 2.45) is 0 Å². The number of rotatable bonds is 7. The molecule has 7 nitrogen and oxygen atoms in total. The molecule has 1 aliphatic carbocycles. The first-order chi connectivity index (χ1) is 12.6. The Balaban J connectivity index is 1.37. The van der Waals surface area contributed by atoms with Gasteiger partial charge in [-0.2, -0.15) is 0 Å². The molecule has 26 heavy (non-hydrogen) atoms. The van der Waals surface area contributed by atoms with Crippen LogP contribution in [0.5, 0.6) is 0 Å². The van der Waals surface area contributed by atoms with E-state index in [9.17, 15) is 14.4 Å². The maximum Gasteiger partial charge on any atom is 0.262 e. The smallest absolute Gasteiger partial charge is 0.262 e. The molecule has 0 atom stereocenters. The van der Waals surface area contributed by atoms with Crippen LogP contribution in [0, 0.1) is 0 Å². The first-order valence-corrected chi connectivity index (χ1v) is 10.00. The highest BCUT2D eigenvalue weighted by molar-refractivity contribution is 7.16. The predicted molar refractivity (Wildman–Crippen MR) is 101 cm³/mol. The summed E-state index contributed by atoms with van der Waals surface area (Å²) in [6, 6.07) is 2.04. The lowest BCUT2D eigenvalue weighted by molar-refractivity contribution is -0.122. The molecule has 3 rings (SSSR count). The van der Waals surface area contributed by atoms with Crippen molar-refractivity contribution in [2.45, 2.75) is 57.5 Å². The third kappa shape index (κ3) is 4.91. The van der Waals surface area contributed by atoms with Crippen LogP contribution in [0.1, 0.15) is 44.9 Å². The number of nitrogens with zero attached hydrogens (tertiary/aromatic N) is 2. The SMILES string of the molecule is O=C(CCn1cnc2sccc2c1=O)NCCC(=O)NC1CCCCC1. The van der Waals surface area contributed by atoms with Gasteiger partial charge in [-0.05, 0) is 24.3 Å². The Morgan fingerprint density at radius 1 is 1.19 bits per heavy atom. The number of carbonyl (C=O) groups excluding carboxylic acids is 2. The molecule has 1 saturated carbocycles.